The number of piperidine rings is 1. The third kappa shape index (κ3) is 8.23. The molecule has 1 aromatic carbocycles. The number of carbonyl (C=O) groups is 4. The molecule has 0 spiro atoms. The molecule has 0 aliphatic carbocycles. The molecule has 1 aromatic rings. The third-order valence-electron chi connectivity index (χ3n) is 5.73. The molecule has 1 aliphatic rings. The maximum absolute atomic E-state index is 12.8. The Morgan fingerprint density at radius 3 is 2.30 bits per heavy atom. The molecule has 182 valence electrons. The normalized spacial score (nSPS) is 20.7. The van der Waals surface area contributed by atoms with E-state index in [1.54, 1.807) is 0 Å². The predicted molar refractivity (Wildman–Crippen MR) is 123 cm³/mol. The Bertz CT molecular complexity index is 817. The second kappa shape index (κ2) is 13.0. The first-order valence-corrected chi connectivity index (χ1v) is 11.2. The second-order valence-electron chi connectivity index (χ2n) is 8.47. The van der Waals surface area contributed by atoms with Crippen LogP contribution in [0.1, 0.15) is 32.3 Å². The van der Waals surface area contributed by atoms with E-state index in [0.29, 0.717) is 26.1 Å². The number of aliphatic hydroxyl groups excluding tert-OH is 1. The number of nitrogens with one attached hydrogen (secondary N) is 4. The Morgan fingerprint density at radius 2 is 1.73 bits per heavy atom. The van der Waals surface area contributed by atoms with Gasteiger partial charge in [0.05, 0.1) is 24.0 Å². The summed E-state index contributed by atoms with van der Waals surface area (Å²) < 4.78 is 0. The quantitative estimate of drug-likeness (QED) is 0.241. The van der Waals surface area contributed by atoms with E-state index in [-0.39, 0.29) is 24.7 Å². The number of Topliss-reactive ketones (excluding diaryl/α,β-unsaturated/α-hetero) is 1. The van der Waals surface area contributed by atoms with Crippen molar-refractivity contribution in [2.24, 2.45) is 17.6 Å². The maximum atomic E-state index is 12.8. The summed E-state index contributed by atoms with van der Waals surface area (Å²) >= 11 is 0. The lowest BCUT2D eigenvalue weighted by Gasteiger charge is -2.30. The molecule has 0 saturated carbocycles. The van der Waals surface area contributed by atoms with Gasteiger partial charge in [-0.15, -0.1) is 0 Å². The smallest absolute Gasteiger partial charge is 0.245 e. The van der Waals surface area contributed by atoms with Crippen molar-refractivity contribution >= 4 is 23.5 Å². The van der Waals surface area contributed by atoms with Crippen molar-refractivity contribution in [3.63, 3.8) is 0 Å². The van der Waals surface area contributed by atoms with Gasteiger partial charge in [-0.25, -0.2) is 0 Å². The molecule has 0 radical (unpaired) electrons. The van der Waals surface area contributed by atoms with Crippen molar-refractivity contribution in [2.45, 2.75) is 51.4 Å². The summed E-state index contributed by atoms with van der Waals surface area (Å²) in [5.74, 6) is -2.46. The fourth-order valence-electron chi connectivity index (χ4n) is 3.75. The minimum Gasteiger partial charge on any atom is -0.391 e. The van der Waals surface area contributed by atoms with E-state index in [1.807, 2.05) is 30.3 Å². The minimum absolute atomic E-state index is 0.153. The number of ketones is 1. The van der Waals surface area contributed by atoms with Crippen molar-refractivity contribution in [3.8, 4) is 0 Å². The molecule has 3 amide bonds. The number of nitrogens with two attached hydrogens (primary N) is 1. The van der Waals surface area contributed by atoms with Crippen LogP contribution >= 0.6 is 0 Å². The van der Waals surface area contributed by atoms with Crippen molar-refractivity contribution < 1.29 is 24.3 Å². The zero-order chi connectivity index (χ0) is 24.4. The zero-order valence-electron chi connectivity index (χ0n) is 19.2. The summed E-state index contributed by atoms with van der Waals surface area (Å²) in [6, 6.07) is 7.51. The first kappa shape index (κ1) is 26.4. The average Bonchev–Trinajstić information content (AvgIpc) is 2.80. The largest absolute Gasteiger partial charge is 0.391 e. The third-order valence-corrected chi connectivity index (χ3v) is 5.73. The number of rotatable bonds is 11. The monoisotopic (exact) mass is 461 g/mol. The molecular formula is C23H35N5O5. The molecule has 0 bridgehead atoms. The van der Waals surface area contributed by atoms with Crippen molar-refractivity contribution in [1.29, 1.82) is 0 Å². The fourth-order valence-corrected chi connectivity index (χ4v) is 3.75. The molecule has 5 atom stereocenters. The van der Waals surface area contributed by atoms with Gasteiger partial charge in [0, 0.05) is 19.6 Å². The van der Waals surface area contributed by atoms with Crippen molar-refractivity contribution in [3.05, 3.63) is 35.9 Å². The van der Waals surface area contributed by atoms with Crippen LogP contribution in [0.2, 0.25) is 0 Å². The Labute approximate surface area is 194 Å². The van der Waals surface area contributed by atoms with Crippen LogP contribution in [0.25, 0.3) is 0 Å². The molecular weight excluding hydrogens is 426 g/mol. The fraction of sp³-hybridized carbons (Fsp3) is 0.565. The lowest BCUT2D eigenvalue weighted by atomic mass is 9.89. The summed E-state index contributed by atoms with van der Waals surface area (Å²) in [5.41, 5.74) is 6.47. The van der Waals surface area contributed by atoms with E-state index >= 15 is 0 Å². The molecule has 1 aliphatic heterocycles. The first-order valence-electron chi connectivity index (χ1n) is 11.2. The number of carbonyl (C=O) groups excluding carboxylic acids is 4. The minimum atomic E-state index is -1.23. The van der Waals surface area contributed by atoms with Crippen LogP contribution in [0.15, 0.2) is 30.3 Å². The van der Waals surface area contributed by atoms with E-state index in [4.69, 9.17) is 5.73 Å². The molecule has 1 fully saturated rings. The maximum Gasteiger partial charge on any atom is 0.245 e. The average molecular weight is 462 g/mol. The number of aliphatic hydroxyl groups is 1. The molecule has 10 heteroatoms. The molecule has 1 saturated heterocycles. The van der Waals surface area contributed by atoms with Crippen LogP contribution in [0.3, 0.4) is 0 Å². The molecule has 10 nitrogen and oxygen atoms in total. The van der Waals surface area contributed by atoms with E-state index in [9.17, 15) is 24.3 Å². The van der Waals surface area contributed by atoms with Gasteiger partial charge in [-0.2, -0.15) is 0 Å². The van der Waals surface area contributed by atoms with Gasteiger partial charge in [-0.1, -0.05) is 30.3 Å². The molecule has 1 heterocycles. The van der Waals surface area contributed by atoms with Gasteiger partial charge in [-0.05, 0) is 38.8 Å². The zero-order valence-corrected chi connectivity index (χ0v) is 19.2. The number of amides is 3. The summed E-state index contributed by atoms with van der Waals surface area (Å²) in [5, 5.41) is 21.2. The molecule has 7 N–H and O–H groups in total. The molecule has 0 aromatic heterocycles. The summed E-state index contributed by atoms with van der Waals surface area (Å²) in [6.45, 7) is 4.13. The van der Waals surface area contributed by atoms with Gasteiger partial charge < -0.3 is 32.1 Å². The highest BCUT2D eigenvalue weighted by molar-refractivity contribution is 5.93. The van der Waals surface area contributed by atoms with Gasteiger partial charge >= 0.3 is 0 Å². The van der Waals surface area contributed by atoms with Crippen LogP contribution in [-0.4, -0.2) is 66.4 Å². The van der Waals surface area contributed by atoms with Crippen LogP contribution in [-0.2, 0) is 25.7 Å². The van der Waals surface area contributed by atoms with E-state index in [0.717, 1.165) is 5.56 Å². The Kier molecular flexibility index (Phi) is 10.4. The number of hydrogen-bond donors (Lipinski definition) is 6. The Balaban J connectivity index is 1.93. The summed E-state index contributed by atoms with van der Waals surface area (Å²) in [7, 11) is 0. The van der Waals surface area contributed by atoms with Gasteiger partial charge in [0.1, 0.15) is 6.04 Å². The lowest BCUT2D eigenvalue weighted by molar-refractivity contribution is -0.136. The van der Waals surface area contributed by atoms with E-state index in [2.05, 4.69) is 21.3 Å². The van der Waals surface area contributed by atoms with Crippen LogP contribution in [0.4, 0.5) is 0 Å². The summed E-state index contributed by atoms with van der Waals surface area (Å²) in [4.78, 5) is 49.8. The van der Waals surface area contributed by atoms with Crippen molar-refractivity contribution in [1.82, 2.24) is 21.3 Å². The van der Waals surface area contributed by atoms with Crippen LogP contribution in [0, 0.1) is 11.8 Å². The molecule has 2 rings (SSSR count). The van der Waals surface area contributed by atoms with Gasteiger partial charge in [0.15, 0.2) is 5.78 Å². The van der Waals surface area contributed by atoms with Crippen molar-refractivity contribution in [2.75, 3.05) is 19.6 Å². The molecule has 0 unspecified atom stereocenters. The van der Waals surface area contributed by atoms with Crippen LogP contribution in [0.5, 0.6) is 0 Å². The Hall–Kier alpha value is -2.82. The van der Waals surface area contributed by atoms with E-state index in [1.165, 1.54) is 13.8 Å². The molecule has 33 heavy (non-hydrogen) atoms. The standard InChI is InChI=1S/C23H35N5O5/c1-14(29)19(8-9-24)27-23(33)20(15(2)30)28-22(32)18-10-17(12-25-13-18)21(31)26-11-16-6-4-3-5-7-16/h3-7,15,17-20,25,30H,8-13,24H2,1-2H3,(H,26,31)(H,27,33)(H,28,32)/t15-,17+,18-,19-,20-/m0/s1. The van der Waals surface area contributed by atoms with Gasteiger partial charge in [0.25, 0.3) is 0 Å². The first-order chi connectivity index (χ1) is 15.7. The predicted octanol–water partition coefficient (Wildman–Crippen LogP) is -1.18. The van der Waals surface area contributed by atoms with Crippen LogP contribution < -0.4 is 27.0 Å². The highest BCUT2D eigenvalue weighted by atomic mass is 16.3. The Morgan fingerprint density at radius 1 is 1.09 bits per heavy atom. The summed E-state index contributed by atoms with van der Waals surface area (Å²) in [6.07, 6.45) is -0.606. The number of hydrogen-bond acceptors (Lipinski definition) is 7. The van der Waals surface area contributed by atoms with Gasteiger partial charge in [-0.3, -0.25) is 19.2 Å². The lowest BCUT2D eigenvalue weighted by Crippen LogP contribution is -2.58. The SMILES string of the molecule is CC(=O)[C@H](CCN)NC(=O)[C@@H](NC(=O)[C@@H]1CNC[C@H](C(=O)NCc2ccccc2)C1)[C@H](C)O. The second-order valence-corrected chi connectivity index (χ2v) is 8.47. The highest BCUT2D eigenvalue weighted by Gasteiger charge is 2.34. The number of benzene rings is 1. The van der Waals surface area contributed by atoms with E-state index < -0.39 is 41.8 Å². The topological polar surface area (TPSA) is 163 Å². The highest BCUT2D eigenvalue weighted by Crippen LogP contribution is 2.18. The van der Waals surface area contributed by atoms with Gasteiger partial charge in [0.2, 0.25) is 17.7 Å².